The maximum atomic E-state index is 5.64. The Balaban J connectivity index is 2.90. The fourth-order valence-electron chi connectivity index (χ4n) is 2.74. The molecule has 2 nitrogen and oxygen atoms in total. The summed E-state index contributed by atoms with van der Waals surface area (Å²) in [6.07, 6.45) is 0. The van der Waals surface area contributed by atoms with Gasteiger partial charge in [0, 0.05) is 24.8 Å². The van der Waals surface area contributed by atoms with Crippen LogP contribution in [0, 0.1) is 5.92 Å². The van der Waals surface area contributed by atoms with E-state index in [4.69, 9.17) is 8.85 Å². The molecule has 1 aliphatic rings. The summed E-state index contributed by atoms with van der Waals surface area (Å²) >= 11 is 0. The SMILES string of the molecule is CO[Si]1(OC)C(C)C(C)C1(C)C. The van der Waals surface area contributed by atoms with Crippen molar-refractivity contribution >= 4 is 8.56 Å². The molecule has 1 fully saturated rings. The lowest BCUT2D eigenvalue weighted by molar-refractivity contribution is 0.114. The molecule has 0 bridgehead atoms. The first-order valence-electron chi connectivity index (χ1n) is 4.54. The van der Waals surface area contributed by atoms with Gasteiger partial charge < -0.3 is 8.85 Å². The topological polar surface area (TPSA) is 18.5 Å². The zero-order valence-corrected chi connectivity index (χ0v) is 9.97. The Bertz CT molecular complexity index is 175. The largest absolute Gasteiger partial charge is 0.397 e. The minimum Gasteiger partial charge on any atom is -0.397 e. The van der Waals surface area contributed by atoms with Crippen molar-refractivity contribution in [1.82, 2.24) is 0 Å². The van der Waals surface area contributed by atoms with Gasteiger partial charge in [-0.3, -0.25) is 0 Å². The fraction of sp³-hybridized carbons (Fsp3) is 1.00. The van der Waals surface area contributed by atoms with Gasteiger partial charge in [-0.1, -0.05) is 27.7 Å². The Morgan fingerprint density at radius 1 is 1.08 bits per heavy atom. The second-order valence-electron chi connectivity index (χ2n) is 4.37. The van der Waals surface area contributed by atoms with Crippen molar-refractivity contribution in [2.75, 3.05) is 14.2 Å². The monoisotopic (exact) mass is 188 g/mol. The molecule has 0 aromatic carbocycles. The third-order valence-electron chi connectivity index (χ3n) is 3.99. The van der Waals surface area contributed by atoms with E-state index in [-0.39, 0.29) is 5.04 Å². The third-order valence-corrected chi connectivity index (χ3v) is 9.16. The lowest BCUT2D eigenvalue weighted by atomic mass is 9.91. The summed E-state index contributed by atoms with van der Waals surface area (Å²) in [4.78, 5) is 0. The summed E-state index contributed by atoms with van der Waals surface area (Å²) in [6.45, 7) is 9.05. The highest BCUT2D eigenvalue weighted by Crippen LogP contribution is 2.65. The first-order valence-corrected chi connectivity index (χ1v) is 6.43. The predicted molar refractivity (Wildman–Crippen MR) is 52.4 cm³/mol. The van der Waals surface area contributed by atoms with Gasteiger partial charge in [0.05, 0.1) is 0 Å². The molecule has 0 amide bonds. The van der Waals surface area contributed by atoms with Crippen molar-refractivity contribution in [3.05, 3.63) is 0 Å². The van der Waals surface area contributed by atoms with Gasteiger partial charge in [0.25, 0.3) is 0 Å². The molecule has 72 valence electrons. The van der Waals surface area contributed by atoms with Crippen molar-refractivity contribution in [1.29, 1.82) is 0 Å². The standard InChI is InChI=1S/C9H20O2Si/c1-7-8(2)12(10-5,11-6)9(7,3)4/h7-8H,1-6H3. The highest BCUT2D eigenvalue weighted by molar-refractivity contribution is 6.75. The Hall–Kier alpha value is 0.137. The molecule has 0 aromatic heterocycles. The van der Waals surface area contributed by atoms with Crippen molar-refractivity contribution in [3.63, 3.8) is 0 Å². The average molecular weight is 188 g/mol. The second kappa shape index (κ2) is 2.82. The van der Waals surface area contributed by atoms with E-state index in [9.17, 15) is 0 Å². The van der Waals surface area contributed by atoms with Gasteiger partial charge in [-0.15, -0.1) is 0 Å². The van der Waals surface area contributed by atoms with Crippen LogP contribution in [0.1, 0.15) is 27.7 Å². The summed E-state index contributed by atoms with van der Waals surface area (Å²) in [5.74, 6) is 0.712. The van der Waals surface area contributed by atoms with Gasteiger partial charge in [0.15, 0.2) is 0 Å². The van der Waals surface area contributed by atoms with E-state index in [1.165, 1.54) is 0 Å². The Morgan fingerprint density at radius 2 is 1.50 bits per heavy atom. The first kappa shape index (κ1) is 10.2. The van der Waals surface area contributed by atoms with E-state index in [1.807, 2.05) is 0 Å². The molecule has 0 radical (unpaired) electrons. The van der Waals surface area contributed by atoms with Gasteiger partial charge in [-0.25, -0.2) is 0 Å². The molecular formula is C9H20O2Si. The molecule has 0 spiro atoms. The molecule has 0 aliphatic carbocycles. The van der Waals surface area contributed by atoms with Gasteiger partial charge in [-0.2, -0.15) is 0 Å². The molecule has 12 heavy (non-hydrogen) atoms. The highest BCUT2D eigenvalue weighted by atomic mass is 28.4. The van der Waals surface area contributed by atoms with Crippen LogP contribution in [0.4, 0.5) is 0 Å². The van der Waals surface area contributed by atoms with Crippen LogP contribution >= 0.6 is 0 Å². The molecule has 2 atom stereocenters. The summed E-state index contributed by atoms with van der Waals surface area (Å²) in [6, 6.07) is 0. The van der Waals surface area contributed by atoms with Crippen molar-refractivity contribution in [2.45, 2.75) is 38.3 Å². The molecule has 2 unspecified atom stereocenters. The maximum absolute atomic E-state index is 5.64. The van der Waals surface area contributed by atoms with E-state index in [0.29, 0.717) is 11.5 Å². The third kappa shape index (κ3) is 0.873. The molecule has 1 heterocycles. The van der Waals surface area contributed by atoms with Gasteiger partial charge in [0.1, 0.15) is 0 Å². The van der Waals surface area contributed by atoms with Crippen LogP contribution in [-0.4, -0.2) is 22.8 Å². The lowest BCUT2D eigenvalue weighted by Gasteiger charge is -2.60. The molecular weight excluding hydrogens is 168 g/mol. The Morgan fingerprint density at radius 3 is 1.67 bits per heavy atom. The lowest BCUT2D eigenvalue weighted by Crippen LogP contribution is -2.66. The van der Waals surface area contributed by atoms with Crippen LogP contribution in [0.5, 0.6) is 0 Å². The van der Waals surface area contributed by atoms with Crippen molar-refractivity contribution in [2.24, 2.45) is 5.92 Å². The maximum Gasteiger partial charge on any atom is 0.346 e. The highest BCUT2D eigenvalue weighted by Gasteiger charge is 2.68. The summed E-state index contributed by atoms with van der Waals surface area (Å²) in [7, 11) is 1.70. The van der Waals surface area contributed by atoms with E-state index in [0.717, 1.165) is 0 Å². The summed E-state index contributed by atoms with van der Waals surface area (Å²) in [5.41, 5.74) is 0.613. The number of hydrogen-bond acceptors (Lipinski definition) is 2. The second-order valence-corrected chi connectivity index (χ2v) is 8.73. The van der Waals surface area contributed by atoms with Crippen LogP contribution in [0.2, 0.25) is 10.6 Å². The van der Waals surface area contributed by atoms with E-state index in [2.05, 4.69) is 27.7 Å². The summed E-state index contributed by atoms with van der Waals surface area (Å²) < 4.78 is 11.3. The first-order chi connectivity index (χ1) is 5.44. The number of rotatable bonds is 2. The minimum absolute atomic E-state index is 0.260. The smallest absolute Gasteiger partial charge is 0.346 e. The fourth-order valence-corrected chi connectivity index (χ4v) is 7.56. The zero-order valence-electron chi connectivity index (χ0n) is 8.97. The molecule has 1 saturated heterocycles. The predicted octanol–water partition coefficient (Wildman–Crippen LogP) is 2.54. The number of hydrogen-bond donors (Lipinski definition) is 0. The zero-order chi connectivity index (χ0) is 9.57. The molecule has 3 heteroatoms. The van der Waals surface area contributed by atoms with Crippen LogP contribution in [-0.2, 0) is 8.85 Å². The molecule has 0 N–H and O–H groups in total. The Labute approximate surface area is 76.5 Å². The van der Waals surface area contributed by atoms with Gasteiger partial charge in [0.2, 0.25) is 0 Å². The molecule has 1 aliphatic heterocycles. The van der Waals surface area contributed by atoms with Gasteiger partial charge >= 0.3 is 8.56 Å². The summed E-state index contributed by atoms with van der Waals surface area (Å²) in [5, 5.41) is 0.260. The Kier molecular flexibility index (Phi) is 2.40. The molecule has 1 rings (SSSR count). The molecule has 0 aromatic rings. The van der Waals surface area contributed by atoms with Crippen LogP contribution in [0.3, 0.4) is 0 Å². The van der Waals surface area contributed by atoms with Crippen LogP contribution < -0.4 is 0 Å². The van der Waals surface area contributed by atoms with Crippen LogP contribution in [0.15, 0.2) is 0 Å². The van der Waals surface area contributed by atoms with Crippen LogP contribution in [0.25, 0.3) is 0 Å². The van der Waals surface area contributed by atoms with E-state index in [1.54, 1.807) is 14.2 Å². The van der Waals surface area contributed by atoms with Gasteiger partial charge in [-0.05, 0) is 5.92 Å². The molecule has 0 saturated carbocycles. The van der Waals surface area contributed by atoms with Crippen molar-refractivity contribution < 1.29 is 8.85 Å². The van der Waals surface area contributed by atoms with E-state index < -0.39 is 8.56 Å². The average Bonchev–Trinajstić information content (AvgIpc) is 2.05. The minimum atomic E-state index is -1.88. The quantitative estimate of drug-likeness (QED) is 0.620. The van der Waals surface area contributed by atoms with Crippen molar-refractivity contribution in [3.8, 4) is 0 Å². The van der Waals surface area contributed by atoms with E-state index >= 15 is 0 Å². The normalized spacial score (nSPS) is 37.5.